The lowest BCUT2D eigenvalue weighted by molar-refractivity contribution is -0.384. The molecule has 0 spiro atoms. The normalized spacial score (nSPS) is 12.1. The number of hydrazone groups is 1. The molecule has 32 heavy (non-hydrogen) atoms. The Hall–Kier alpha value is -4.67. The average molecular weight is 437 g/mol. The van der Waals surface area contributed by atoms with Crippen molar-refractivity contribution in [2.75, 3.05) is 6.79 Å². The Kier molecular flexibility index (Phi) is 5.53. The van der Waals surface area contributed by atoms with Crippen LogP contribution in [0.4, 0.5) is 5.69 Å². The SMILES string of the molecule is O=C(Cc1ccc2c(c1)OCO2)N/N=C\c1ccc(-c2ccc([N+](=O)[O-])cc2C(=O)O)o1. The summed E-state index contributed by atoms with van der Waals surface area (Å²) in [5, 5.41) is 24.1. The van der Waals surface area contributed by atoms with Crippen LogP contribution in [0.3, 0.4) is 0 Å². The molecule has 0 saturated carbocycles. The number of carbonyl (C=O) groups excluding carboxylic acids is 1. The second-order valence-electron chi connectivity index (χ2n) is 6.65. The number of nitro groups is 1. The van der Waals surface area contributed by atoms with Crippen molar-refractivity contribution in [3.63, 3.8) is 0 Å². The molecule has 0 bridgehead atoms. The summed E-state index contributed by atoms with van der Waals surface area (Å²) in [6.07, 6.45) is 1.33. The summed E-state index contributed by atoms with van der Waals surface area (Å²) in [7, 11) is 0. The molecule has 2 heterocycles. The van der Waals surface area contributed by atoms with E-state index in [2.05, 4.69) is 10.5 Å². The zero-order valence-corrected chi connectivity index (χ0v) is 16.3. The molecule has 3 aromatic rings. The van der Waals surface area contributed by atoms with Gasteiger partial charge in [-0.1, -0.05) is 6.07 Å². The fourth-order valence-electron chi connectivity index (χ4n) is 3.05. The topological polar surface area (TPSA) is 154 Å². The van der Waals surface area contributed by atoms with Crippen molar-refractivity contribution in [2.24, 2.45) is 5.10 Å². The highest BCUT2D eigenvalue weighted by Gasteiger charge is 2.19. The number of benzene rings is 2. The number of hydrogen-bond acceptors (Lipinski definition) is 8. The van der Waals surface area contributed by atoms with Crippen LogP contribution < -0.4 is 14.9 Å². The molecule has 0 unspecified atom stereocenters. The minimum atomic E-state index is -1.33. The van der Waals surface area contributed by atoms with Crippen molar-refractivity contribution in [1.82, 2.24) is 5.43 Å². The third-order valence-electron chi connectivity index (χ3n) is 4.52. The number of aromatic carboxylic acids is 1. The Morgan fingerprint density at radius 1 is 1.12 bits per heavy atom. The first-order chi connectivity index (χ1) is 15.4. The fraction of sp³-hybridized carbons (Fsp3) is 0.0952. The number of nitro benzene ring substituents is 1. The molecule has 4 rings (SSSR count). The zero-order valence-electron chi connectivity index (χ0n) is 16.3. The number of furan rings is 1. The largest absolute Gasteiger partial charge is 0.478 e. The van der Waals surface area contributed by atoms with Crippen LogP contribution in [-0.4, -0.2) is 34.9 Å². The van der Waals surface area contributed by atoms with E-state index in [1.165, 1.54) is 30.5 Å². The summed E-state index contributed by atoms with van der Waals surface area (Å²) in [5.74, 6) is -0.0567. The predicted molar refractivity (Wildman–Crippen MR) is 110 cm³/mol. The molecule has 11 heteroatoms. The molecule has 0 saturated heterocycles. The Labute approximate surface area is 180 Å². The molecule has 162 valence electrons. The molecule has 0 fully saturated rings. The van der Waals surface area contributed by atoms with Gasteiger partial charge in [0.05, 0.1) is 23.1 Å². The van der Waals surface area contributed by atoms with E-state index in [0.29, 0.717) is 11.5 Å². The lowest BCUT2D eigenvalue weighted by Gasteiger charge is -2.03. The molecule has 1 aromatic heterocycles. The Morgan fingerprint density at radius 2 is 1.94 bits per heavy atom. The second kappa shape index (κ2) is 8.60. The van der Waals surface area contributed by atoms with Crippen molar-refractivity contribution >= 4 is 23.8 Å². The van der Waals surface area contributed by atoms with Gasteiger partial charge in [0.25, 0.3) is 5.69 Å². The highest BCUT2D eigenvalue weighted by Crippen LogP contribution is 2.32. The monoisotopic (exact) mass is 437 g/mol. The van der Waals surface area contributed by atoms with Gasteiger partial charge in [0.15, 0.2) is 11.5 Å². The summed E-state index contributed by atoms with van der Waals surface area (Å²) >= 11 is 0. The number of fused-ring (bicyclic) bond motifs is 1. The van der Waals surface area contributed by atoms with Crippen LogP contribution in [0, 0.1) is 10.1 Å². The summed E-state index contributed by atoms with van der Waals surface area (Å²) in [6.45, 7) is 0.147. The van der Waals surface area contributed by atoms with Gasteiger partial charge in [-0.3, -0.25) is 14.9 Å². The van der Waals surface area contributed by atoms with Crippen LogP contribution in [0.1, 0.15) is 21.7 Å². The number of nitrogens with zero attached hydrogens (tertiary/aromatic N) is 2. The summed E-state index contributed by atoms with van der Waals surface area (Å²) in [4.78, 5) is 33.8. The van der Waals surface area contributed by atoms with Crippen molar-refractivity contribution in [3.8, 4) is 22.8 Å². The van der Waals surface area contributed by atoms with E-state index >= 15 is 0 Å². The Morgan fingerprint density at radius 3 is 2.72 bits per heavy atom. The molecule has 0 atom stereocenters. The van der Waals surface area contributed by atoms with Gasteiger partial charge in [-0.2, -0.15) is 5.10 Å². The van der Waals surface area contributed by atoms with Crippen LogP contribution in [-0.2, 0) is 11.2 Å². The molecule has 2 N–H and O–H groups in total. The zero-order chi connectivity index (χ0) is 22.7. The maximum absolute atomic E-state index is 12.1. The van der Waals surface area contributed by atoms with E-state index in [1.807, 2.05) is 0 Å². The summed E-state index contributed by atoms with van der Waals surface area (Å²) in [6, 6.07) is 11.7. The molecule has 2 aromatic carbocycles. The number of carboxylic acid groups (broad SMARTS) is 1. The summed E-state index contributed by atoms with van der Waals surface area (Å²) in [5.41, 5.74) is 2.66. The van der Waals surface area contributed by atoms with Crippen molar-refractivity contribution in [2.45, 2.75) is 6.42 Å². The van der Waals surface area contributed by atoms with Crippen molar-refractivity contribution < 1.29 is 33.5 Å². The quantitative estimate of drug-likeness (QED) is 0.325. The third kappa shape index (κ3) is 4.41. The summed E-state index contributed by atoms with van der Waals surface area (Å²) < 4.78 is 16.0. The van der Waals surface area contributed by atoms with Gasteiger partial charge in [0.2, 0.25) is 12.7 Å². The molecule has 1 amide bonds. The second-order valence-corrected chi connectivity index (χ2v) is 6.65. The number of rotatable bonds is 7. The number of nitrogens with one attached hydrogen (secondary N) is 1. The van der Waals surface area contributed by atoms with Crippen LogP contribution in [0.2, 0.25) is 0 Å². The van der Waals surface area contributed by atoms with Gasteiger partial charge in [-0.15, -0.1) is 0 Å². The fourth-order valence-corrected chi connectivity index (χ4v) is 3.05. The van der Waals surface area contributed by atoms with Crippen molar-refractivity contribution in [3.05, 3.63) is 75.5 Å². The van der Waals surface area contributed by atoms with Gasteiger partial charge in [0, 0.05) is 17.7 Å². The highest BCUT2D eigenvalue weighted by molar-refractivity contribution is 5.96. The van der Waals surface area contributed by atoms with Crippen LogP contribution in [0.25, 0.3) is 11.3 Å². The van der Waals surface area contributed by atoms with Crippen LogP contribution in [0.5, 0.6) is 11.5 Å². The van der Waals surface area contributed by atoms with Gasteiger partial charge in [0.1, 0.15) is 11.5 Å². The van der Waals surface area contributed by atoms with Gasteiger partial charge in [-0.05, 0) is 35.9 Å². The maximum Gasteiger partial charge on any atom is 0.336 e. The van der Waals surface area contributed by atoms with Crippen LogP contribution in [0.15, 0.2) is 58.0 Å². The average Bonchev–Trinajstić information content (AvgIpc) is 3.42. The first-order valence-corrected chi connectivity index (χ1v) is 9.23. The van der Waals surface area contributed by atoms with Gasteiger partial charge >= 0.3 is 5.97 Å². The number of ether oxygens (including phenoxy) is 2. The van der Waals surface area contributed by atoms with Crippen LogP contribution >= 0.6 is 0 Å². The molecule has 0 aliphatic carbocycles. The first-order valence-electron chi connectivity index (χ1n) is 9.23. The first kappa shape index (κ1) is 20.6. The lowest BCUT2D eigenvalue weighted by Crippen LogP contribution is -2.19. The maximum atomic E-state index is 12.1. The minimum absolute atomic E-state index is 0.0716. The van der Waals surface area contributed by atoms with Gasteiger partial charge < -0.3 is 19.0 Å². The van der Waals surface area contributed by atoms with E-state index in [4.69, 9.17) is 13.9 Å². The highest BCUT2D eigenvalue weighted by atomic mass is 16.7. The standard InChI is InChI=1S/C21H15N3O8/c25-20(8-12-1-5-18-19(7-12)31-11-30-18)23-22-10-14-3-6-17(32-14)15-4-2-13(24(28)29)9-16(15)21(26)27/h1-7,9-10H,8,11H2,(H,23,25)(H,26,27)/b22-10-. The molecule has 0 radical (unpaired) electrons. The molecule has 1 aliphatic rings. The molecular weight excluding hydrogens is 422 g/mol. The number of hydrogen-bond donors (Lipinski definition) is 2. The third-order valence-corrected chi connectivity index (χ3v) is 4.52. The Bertz CT molecular complexity index is 1250. The van der Waals surface area contributed by atoms with Crippen molar-refractivity contribution in [1.29, 1.82) is 0 Å². The number of amides is 1. The molecule has 11 nitrogen and oxygen atoms in total. The molecular formula is C21H15N3O8. The van der Waals surface area contributed by atoms with E-state index < -0.39 is 10.9 Å². The van der Waals surface area contributed by atoms with E-state index in [1.54, 1.807) is 18.2 Å². The smallest absolute Gasteiger partial charge is 0.336 e. The predicted octanol–water partition coefficient (Wildman–Crippen LogP) is 2.97. The molecule has 1 aliphatic heterocycles. The Balaban J connectivity index is 1.41. The lowest BCUT2D eigenvalue weighted by atomic mass is 10.0. The number of carboxylic acids is 1. The van der Waals surface area contributed by atoms with E-state index in [-0.39, 0.29) is 47.5 Å². The van der Waals surface area contributed by atoms with Gasteiger partial charge in [-0.25, -0.2) is 10.2 Å². The van der Waals surface area contributed by atoms with E-state index in [0.717, 1.165) is 11.6 Å². The number of non-ortho nitro benzene ring substituents is 1. The number of carbonyl (C=O) groups is 2. The van der Waals surface area contributed by atoms with E-state index in [9.17, 15) is 24.8 Å². The minimum Gasteiger partial charge on any atom is -0.478 e.